The van der Waals surface area contributed by atoms with Gasteiger partial charge in [0.25, 0.3) is 0 Å². The number of anilines is 1. The Morgan fingerprint density at radius 1 is 1.50 bits per heavy atom. The molecule has 1 aromatic rings. The number of hydrazine groups is 1. The molecular formula is C7H13N5O3S. The second-order valence-corrected chi connectivity index (χ2v) is 3.71. The summed E-state index contributed by atoms with van der Waals surface area (Å²) in [6, 6.07) is 0.129. The fourth-order valence-corrected chi connectivity index (χ4v) is 1.52. The van der Waals surface area contributed by atoms with Crippen LogP contribution < -0.4 is 16.0 Å². The zero-order chi connectivity index (χ0) is 12.0. The predicted molar refractivity (Wildman–Crippen MR) is 58.0 cm³/mol. The zero-order valence-corrected chi connectivity index (χ0v) is 9.44. The van der Waals surface area contributed by atoms with Crippen LogP contribution in [-0.2, 0) is 0 Å². The third kappa shape index (κ3) is 3.77. The summed E-state index contributed by atoms with van der Waals surface area (Å²) in [5.41, 5.74) is 2.28. The molecule has 1 atom stereocenters. The van der Waals surface area contributed by atoms with E-state index in [9.17, 15) is 0 Å². The highest BCUT2D eigenvalue weighted by Crippen LogP contribution is 2.17. The molecule has 0 saturated carbocycles. The molecule has 1 aromatic heterocycles. The van der Waals surface area contributed by atoms with E-state index in [0.717, 1.165) is 11.8 Å². The van der Waals surface area contributed by atoms with Crippen LogP contribution in [0.3, 0.4) is 0 Å². The van der Waals surface area contributed by atoms with Crippen molar-refractivity contribution >= 4 is 17.7 Å². The molecule has 1 heterocycles. The lowest BCUT2D eigenvalue weighted by atomic mass is 10.4. The molecule has 0 radical (unpaired) electrons. The van der Waals surface area contributed by atoms with Gasteiger partial charge in [-0.15, -0.1) is 0 Å². The Kier molecular flexibility index (Phi) is 5.19. The average molecular weight is 247 g/mol. The Bertz CT molecular complexity index is 318. The normalized spacial score (nSPS) is 12.2. The molecule has 9 heteroatoms. The van der Waals surface area contributed by atoms with E-state index >= 15 is 0 Å². The van der Waals surface area contributed by atoms with Crippen LogP contribution in [0.4, 0.5) is 5.95 Å². The first kappa shape index (κ1) is 12.9. The first-order valence-corrected chi connectivity index (χ1v) is 5.36. The van der Waals surface area contributed by atoms with Crippen molar-refractivity contribution in [3.63, 3.8) is 0 Å². The highest BCUT2D eigenvalue weighted by molar-refractivity contribution is 7.99. The van der Waals surface area contributed by atoms with Crippen LogP contribution in [0.15, 0.2) is 5.16 Å². The first-order chi connectivity index (χ1) is 7.69. The van der Waals surface area contributed by atoms with Gasteiger partial charge in [0.05, 0.1) is 19.8 Å². The number of ether oxygens (including phenoxy) is 1. The van der Waals surface area contributed by atoms with Crippen molar-refractivity contribution < 1.29 is 14.9 Å². The van der Waals surface area contributed by atoms with Crippen LogP contribution in [0.2, 0.25) is 0 Å². The van der Waals surface area contributed by atoms with Gasteiger partial charge in [0.1, 0.15) is 0 Å². The van der Waals surface area contributed by atoms with E-state index in [1.165, 1.54) is 7.11 Å². The Balaban J connectivity index is 2.71. The summed E-state index contributed by atoms with van der Waals surface area (Å²) < 4.78 is 4.85. The van der Waals surface area contributed by atoms with Gasteiger partial charge in [-0.3, -0.25) is 5.43 Å². The van der Waals surface area contributed by atoms with Gasteiger partial charge in [-0.1, -0.05) is 11.8 Å². The molecule has 0 bridgehead atoms. The van der Waals surface area contributed by atoms with Crippen LogP contribution in [0, 0.1) is 0 Å². The van der Waals surface area contributed by atoms with Gasteiger partial charge in [-0.2, -0.15) is 15.0 Å². The molecule has 16 heavy (non-hydrogen) atoms. The molecule has 0 aliphatic rings. The minimum Gasteiger partial charge on any atom is -0.467 e. The van der Waals surface area contributed by atoms with E-state index in [-0.39, 0.29) is 24.3 Å². The number of aliphatic hydroxyl groups is 2. The van der Waals surface area contributed by atoms with Gasteiger partial charge in [0.15, 0.2) is 5.16 Å². The number of methoxy groups -OCH3 is 1. The number of rotatable bonds is 6. The van der Waals surface area contributed by atoms with E-state index < -0.39 is 6.10 Å². The fourth-order valence-electron chi connectivity index (χ4n) is 0.782. The van der Waals surface area contributed by atoms with Crippen molar-refractivity contribution in [2.24, 2.45) is 5.84 Å². The number of nitrogens with two attached hydrogens (primary N) is 1. The number of hydrogen-bond acceptors (Lipinski definition) is 9. The number of nitrogens with one attached hydrogen (secondary N) is 1. The Labute approximate surface area is 96.2 Å². The molecule has 90 valence electrons. The summed E-state index contributed by atoms with van der Waals surface area (Å²) in [5.74, 6) is 5.61. The molecule has 0 aromatic carbocycles. The largest absolute Gasteiger partial charge is 0.467 e. The molecule has 0 fully saturated rings. The number of hydrogen-bond donors (Lipinski definition) is 4. The zero-order valence-electron chi connectivity index (χ0n) is 8.62. The Morgan fingerprint density at radius 3 is 2.81 bits per heavy atom. The monoisotopic (exact) mass is 247 g/mol. The van der Waals surface area contributed by atoms with Crippen molar-refractivity contribution in [1.29, 1.82) is 0 Å². The number of aromatic nitrogens is 3. The average Bonchev–Trinajstić information content (AvgIpc) is 2.35. The van der Waals surface area contributed by atoms with Crippen molar-refractivity contribution in [1.82, 2.24) is 15.0 Å². The minimum absolute atomic E-state index is 0.129. The topological polar surface area (TPSA) is 126 Å². The highest BCUT2D eigenvalue weighted by Gasteiger charge is 2.09. The maximum absolute atomic E-state index is 9.16. The van der Waals surface area contributed by atoms with Gasteiger partial charge in [0, 0.05) is 5.75 Å². The molecular weight excluding hydrogens is 234 g/mol. The van der Waals surface area contributed by atoms with Crippen molar-refractivity contribution in [3.05, 3.63) is 0 Å². The van der Waals surface area contributed by atoms with Gasteiger partial charge < -0.3 is 14.9 Å². The predicted octanol–water partition coefficient (Wildman–Crippen LogP) is -1.39. The summed E-state index contributed by atoms with van der Waals surface area (Å²) in [6.45, 7) is -0.308. The summed E-state index contributed by atoms with van der Waals surface area (Å²) in [6.07, 6.45) is -0.818. The molecule has 0 aliphatic carbocycles. The molecule has 0 saturated heterocycles. The van der Waals surface area contributed by atoms with Gasteiger partial charge in [0.2, 0.25) is 5.95 Å². The first-order valence-electron chi connectivity index (χ1n) is 4.38. The summed E-state index contributed by atoms with van der Waals surface area (Å²) in [7, 11) is 1.42. The lowest BCUT2D eigenvalue weighted by molar-refractivity contribution is 0.113. The Hall–Kier alpha value is -1.16. The van der Waals surface area contributed by atoms with Crippen LogP contribution >= 0.6 is 11.8 Å². The number of thioether (sulfide) groups is 1. The van der Waals surface area contributed by atoms with E-state index in [1.807, 2.05) is 0 Å². The smallest absolute Gasteiger partial charge is 0.321 e. The number of aliphatic hydroxyl groups excluding tert-OH is 2. The molecule has 0 spiro atoms. The minimum atomic E-state index is -0.818. The van der Waals surface area contributed by atoms with E-state index in [0.29, 0.717) is 5.16 Å². The van der Waals surface area contributed by atoms with Crippen LogP contribution in [-0.4, -0.2) is 50.7 Å². The molecule has 0 amide bonds. The fraction of sp³-hybridized carbons (Fsp3) is 0.571. The van der Waals surface area contributed by atoms with Crippen molar-refractivity contribution in [3.8, 4) is 6.01 Å². The summed E-state index contributed by atoms with van der Waals surface area (Å²) >= 11 is 1.16. The maximum atomic E-state index is 9.16. The lowest BCUT2D eigenvalue weighted by Crippen LogP contribution is -2.16. The molecule has 1 rings (SSSR count). The van der Waals surface area contributed by atoms with E-state index in [4.69, 9.17) is 20.8 Å². The van der Waals surface area contributed by atoms with Crippen LogP contribution in [0.25, 0.3) is 0 Å². The molecule has 8 nitrogen and oxygen atoms in total. The van der Waals surface area contributed by atoms with Crippen molar-refractivity contribution in [2.75, 3.05) is 24.9 Å². The van der Waals surface area contributed by atoms with Gasteiger partial charge in [-0.05, 0) is 0 Å². The van der Waals surface area contributed by atoms with Crippen molar-refractivity contribution in [2.45, 2.75) is 11.3 Å². The third-order valence-electron chi connectivity index (χ3n) is 1.52. The second kappa shape index (κ2) is 6.43. The highest BCUT2D eigenvalue weighted by atomic mass is 32.2. The SMILES string of the molecule is COc1nc(NN)nc(SCC(O)CO)n1. The second-order valence-electron chi connectivity index (χ2n) is 2.72. The molecule has 0 aliphatic heterocycles. The van der Waals surface area contributed by atoms with Crippen LogP contribution in [0.5, 0.6) is 6.01 Å². The maximum Gasteiger partial charge on any atom is 0.321 e. The van der Waals surface area contributed by atoms with Crippen LogP contribution in [0.1, 0.15) is 0 Å². The Morgan fingerprint density at radius 2 is 2.25 bits per heavy atom. The van der Waals surface area contributed by atoms with Gasteiger partial charge in [-0.25, -0.2) is 5.84 Å². The molecule has 5 N–H and O–H groups in total. The number of nitrogen functional groups attached to an aromatic ring is 1. The van der Waals surface area contributed by atoms with Gasteiger partial charge >= 0.3 is 6.01 Å². The standard InChI is InChI=1S/C7H13N5O3S/c1-15-6-9-5(12-8)10-7(11-6)16-3-4(14)2-13/h4,13-14H,2-3,8H2,1H3,(H,9,10,11,12). The summed E-state index contributed by atoms with van der Waals surface area (Å²) in [4.78, 5) is 11.7. The van der Waals surface area contributed by atoms with E-state index in [1.54, 1.807) is 0 Å². The molecule has 1 unspecified atom stereocenters. The third-order valence-corrected chi connectivity index (χ3v) is 2.51. The quantitative estimate of drug-likeness (QED) is 0.273. The lowest BCUT2D eigenvalue weighted by Gasteiger charge is -2.07. The summed E-state index contributed by atoms with van der Waals surface area (Å²) in [5, 5.41) is 18.2. The van der Waals surface area contributed by atoms with E-state index in [2.05, 4.69) is 20.4 Å². The number of nitrogens with zero attached hydrogens (tertiary/aromatic N) is 3.